The molecule has 0 saturated heterocycles. The van der Waals surface area contributed by atoms with Crippen LogP contribution in [0.3, 0.4) is 0 Å². The van der Waals surface area contributed by atoms with Crippen molar-refractivity contribution in [3.63, 3.8) is 0 Å². The first-order valence-corrected chi connectivity index (χ1v) is 11.0. The maximum Gasteiger partial charge on any atom is 0.390 e. The van der Waals surface area contributed by atoms with Crippen molar-refractivity contribution in [2.75, 3.05) is 0 Å². The van der Waals surface area contributed by atoms with Crippen LogP contribution in [0.1, 0.15) is 23.6 Å². The van der Waals surface area contributed by atoms with Gasteiger partial charge in [-0.05, 0) is 30.7 Å². The van der Waals surface area contributed by atoms with Crippen molar-refractivity contribution in [3.05, 3.63) is 41.6 Å². The Bertz CT molecular complexity index is 764. The van der Waals surface area contributed by atoms with Crippen molar-refractivity contribution >= 4 is 19.0 Å². The molecule has 1 heterocycles. The molecule has 1 nitrogen and oxygen atoms in total. The Kier molecular flexibility index (Phi) is 4.86. The summed E-state index contributed by atoms with van der Waals surface area (Å²) in [6.45, 7) is 7.96. The minimum atomic E-state index is -4.24. The molecule has 1 aromatic carbocycles. The third-order valence-corrected chi connectivity index (χ3v) is 4.21. The Labute approximate surface area is 135 Å². The van der Waals surface area contributed by atoms with Gasteiger partial charge in [0.15, 0.2) is 0 Å². The number of alkyl halides is 3. The second-order valence-corrected chi connectivity index (χ2v) is 11.5. The van der Waals surface area contributed by atoms with E-state index in [1.54, 1.807) is 18.2 Å². The summed E-state index contributed by atoms with van der Waals surface area (Å²) in [7, 11) is -1.73. The summed E-state index contributed by atoms with van der Waals surface area (Å²) in [5.41, 5.74) is 5.35. The van der Waals surface area contributed by atoms with Gasteiger partial charge in [0.2, 0.25) is 0 Å². The van der Waals surface area contributed by atoms with E-state index in [0.717, 1.165) is 16.6 Å². The van der Waals surface area contributed by atoms with Gasteiger partial charge in [-0.3, -0.25) is 4.98 Å². The summed E-state index contributed by atoms with van der Waals surface area (Å²) in [5.74, 6) is 2.05. The first-order chi connectivity index (χ1) is 10.5. The highest BCUT2D eigenvalue weighted by molar-refractivity contribution is 6.83. The Morgan fingerprint density at radius 2 is 1.83 bits per heavy atom. The van der Waals surface area contributed by atoms with Gasteiger partial charge in [-0.15, -0.1) is 11.5 Å². The molecule has 0 N–H and O–H groups in total. The quantitative estimate of drug-likeness (QED) is 0.524. The Morgan fingerprint density at radius 1 is 1.13 bits per heavy atom. The molecule has 0 aliphatic rings. The van der Waals surface area contributed by atoms with E-state index in [2.05, 4.69) is 16.4 Å². The van der Waals surface area contributed by atoms with Crippen molar-refractivity contribution in [1.82, 2.24) is 4.98 Å². The van der Waals surface area contributed by atoms with Gasteiger partial charge < -0.3 is 0 Å². The summed E-state index contributed by atoms with van der Waals surface area (Å²) in [5, 5.41) is 0.843. The van der Waals surface area contributed by atoms with Crippen LogP contribution in [0.4, 0.5) is 13.2 Å². The van der Waals surface area contributed by atoms with E-state index in [0.29, 0.717) is 5.56 Å². The molecule has 23 heavy (non-hydrogen) atoms. The highest BCUT2D eigenvalue weighted by atomic mass is 28.3. The number of hydrogen-bond donors (Lipinski definition) is 0. The van der Waals surface area contributed by atoms with Crippen LogP contribution < -0.4 is 0 Å². The third kappa shape index (κ3) is 5.40. The van der Waals surface area contributed by atoms with Gasteiger partial charge in [0.1, 0.15) is 8.07 Å². The van der Waals surface area contributed by atoms with Crippen LogP contribution in [0, 0.1) is 18.4 Å². The number of rotatable bonds is 2. The van der Waals surface area contributed by atoms with Gasteiger partial charge in [0.05, 0.1) is 17.9 Å². The van der Waals surface area contributed by atoms with Crippen LogP contribution in [0.15, 0.2) is 30.3 Å². The zero-order chi connectivity index (χ0) is 17.3. The predicted molar refractivity (Wildman–Crippen MR) is 91.0 cm³/mol. The Morgan fingerprint density at radius 3 is 2.43 bits per heavy atom. The van der Waals surface area contributed by atoms with Crippen molar-refractivity contribution in [2.24, 2.45) is 0 Å². The summed E-state index contributed by atoms with van der Waals surface area (Å²) in [6.07, 6.45) is -5.16. The van der Waals surface area contributed by atoms with Crippen molar-refractivity contribution in [1.29, 1.82) is 0 Å². The molecular formula is C18H20F3NSi. The number of fused-ring (bicyclic) bond motifs is 1. The predicted octanol–water partition coefficient (Wildman–Crippen LogP) is 5.46. The average molecular weight is 335 g/mol. The number of benzene rings is 1. The van der Waals surface area contributed by atoms with Gasteiger partial charge >= 0.3 is 6.18 Å². The fourth-order valence-corrected chi connectivity index (χ4v) is 2.86. The van der Waals surface area contributed by atoms with Gasteiger partial charge in [-0.1, -0.05) is 31.8 Å². The highest BCUT2D eigenvalue weighted by Crippen LogP contribution is 2.32. The maximum atomic E-state index is 12.9. The molecule has 1 aromatic heterocycles. The summed E-state index contributed by atoms with van der Waals surface area (Å²) >= 11 is 0. The molecule has 0 aliphatic carbocycles. The lowest BCUT2D eigenvalue weighted by Crippen LogP contribution is -2.18. The minimum Gasteiger partial charge on any atom is -0.253 e. The topological polar surface area (TPSA) is 12.9 Å². The van der Waals surface area contributed by atoms with E-state index in [4.69, 9.17) is 0 Å². The van der Waals surface area contributed by atoms with Crippen molar-refractivity contribution < 1.29 is 13.2 Å². The second kappa shape index (κ2) is 6.36. The molecule has 1 atom stereocenters. The minimum absolute atomic E-state index is 0.603. The van der Waals surface area contributed by atoms with Crippen LogP contribution in [0.25, 0.3) is 10.9 Å². The normalized spacial score (nSPS) is 13.5. The average Bonchev–Trinajstić information content (AvgIpc) is 2.41. The molecule has 2 aromatic rings. The van der Waals surface area contributed by atoms with Gasteiger partial charge in [0.25, 0.3) is 0 Å². The fraction of sp³-hybridized carbons (Fsp3) is 0.389. The van der Waals surface area contributed by atoms with Crippen molar-refractivity contribution in [3.8, 4) is 11.5 Å². The van der Waals surface area contributed by atoms with E-state index in [1.165, 1.54) is 0 Å². The lowest BCUT2D eigenvalue weighted by atomic mass is 9.95. The van der Waals surface area contributed by atoms with Crippen LogP contribution >= 0.6 is 0 Å². The number of hydrogen-bond acceptors (Lipinski definition) is 1. The summed E-state index contributed by atoms with van der Waals surface area (Å²) in [4.78, 5) is 4.38. The van der Waals surface area contributed by atoms with E-state index in [1.807, 2.05) is 38.7 Å². The zero-order valence-electron chi connectivity index (χ0n) is 13.8. The molecule has 5 heteroatoms. The van der Waals surface area contributed by atoms with Gasteiger partial charge in [-0.25, -0.2) is 0 Å². The molecule has 2 rings (SSSR count). The van der Waals surface area contributed by atoms with E-state index in [9.17, 15) is 13.2 Å². The molecule has 0 radical (unpaired) electrons. The first kappa shape index (κ1) is 17.5. The number of nitrogens with zero attached hydrogens (tertiary/aromatic N) is 1. The number of aryl methyl sites for hydroxylation is 1. The third-order valence-electron chi connectivity index (χ3n) is 3.31. The molecular weight excluding hydrogens is 315 g/mol. The largest absolute Gasteiger partial charge is 0.390 e. The number of halogens is 3. The fourth-order valence-electron chi connectivity index (χ4n) is 2.25. The number of pyridine rings is 1. The molecule has 0 bridgehead atoms. The van der Waals surface area contributed by atoms with E-state index < -0.39 is 26.6 Å². The van der Waals surface area contributed by atoms with Crippen LogP contribution in [-0.4, -0.2) is 19.2 Å². The Hall–Kier alpha value is -1.80. The molecule has 122 valence electrons. The van der Waals surface area contributed by atoms with Crippen LogP contribution in [0.5, 0.6) is 0 Å². The molecule has 0 fully saturated rings. The Balaban J connectivity index is 2.45. The van der Waals surface area contributed by atoms with Crippen molar-refractivity contribution in [2.45, 2.75) is 45.1 Å². The molecule has 0 aliphatic heterocycles. The maximum absolute atomic E-state index is 12.9. The lowest BCUT2D eigenvalue weighted by Gasteiger charge is -2.15. The second-order valence-electron chi connectivity index (χ2n) is 6.80. The zero-order valence-corrected chi connectivity index (χ0v) is 14.8. The number of aromatic nitrogens is 1. The standard InChI is InChI=1S/C18H20F3NSi/c1-13-5-6-15-11-14(7-8-17(15)22-13)16(12-18(19,20)21)9-10-23(2,3)4/h5-8,11,16H,12H2,1-4H3/t16-/m1/s1. The van der Waals surface area contributed by atoms with Gasteiger partial charge in [-0.2, -0.15) is 13.2 Å². The van der Waals surface area contributed by atoms with Crippen LogP contribution in [-0.2, 0) is 0 Å². The lowest BCUT2D eigenvalue weighted by molar-refractivity contribution is -0.136. The summed E-state index contributed by atoms with van der Waals surface area (Å²) in [6, 6.07) is 9.01. The molecule has 0 unspecified atom stereocenters. The molecule has 0 amide bonds. The van der Waals surface area contributed by atoms with E-state index in [-0.39, 0.29) is 0 Å². The monoisotopic (exact) mass is 335 g/mol. The first-order valence-electron chi connectivity index (χ1n) is 7.50. The molecule has 0 saturated carbocycles. The summed E-state index contributed by atoms with van der Waals surface area (Å²) < 4.78 is 38.7. The SMILES string of the molecule is Cc1ccc2cc([C@H](C#C[Si](C)(C)C)CC(F)(F)F)ccc2n1. The van der Waals surface area contributed by atoms with Gasteiger partial charge in [0, 0.05) is 11.1 Å². The van der Waals surface area contributed by atoms with E-state index >= 15 is 0 Å². The smallest absolute Gasteiger partial charge is 0.253 e. The molecule has 0 spiro atoms. The highest BCUT2D eigenvalue weighted by Gasteiger charge is 2.32. The van der Waals surface area contributed by atoms with Crippen LogP contribution in [0.2, 0.25) is 19.6 Å².